The average Bonchev–Trinajstić information content (AvgIpc) is 2.76. The van der Waals surface area contributed by atoms with E-state index in [0.29, 0.717) is 25.8 Å². The molecule has 0 spiro atoms. The molecule has 0 heterocycles. The lowest BCUT2D eigenvalue weighted by atomic mass is 10.1. The molecule has 0 radical (unpaired) electrons. The fraction of sp³-hybridized carbons (Fsp3) is 0.870. The minimum atomic E-state index is -1.07. The Morgan fingerprint density at radius 3 is 1.94 bits per heavy atom. The molecule has 0 aliphatic rings. The van der Waals surface area contributed by atoms with Crippen molar-refractivity contribution >= 4 is 17.9 Å². The maximum Gasteiger partial charge on any atom is 0.323 e. The Morgan fingerprint density at radius 1 is 0.844 bits per heavy atom. The summed E-state index contributed by atoms with van der Waals surface area (Å²) in [5.41, 5.74) is 16.1. The normalized spacial score (nSPS) is 12.7. The number of esters is 2. The highest BCUT2D eigenvalue weighted by Crippen LogP contribution is 2.12. The van der Waals surface area contributed by atoms with Crippen molar-refractivity contribution in [2.24, 2.45) is 22.2 Å². The van der Waals surface area contributed by atoms with Gasteiger partial charge in [-0.3, -0.25) is 14.6 Å². The van der Waals surface area contributed by atoms with E-state index in [1.165, 1.54) is 51.4 Å². The first kappa shape index (κ1) is 30.1. The number of guanidine groups is 1. The first-order valence-electron chi connectivity index (χ1n) is 12.2. The average molecular weight is 459 g/mol. The summed E-state index contributed by atoms with van der Waals surface area (Å²) < 4.78 is 10.00. The summed E-state index contributed by atoms with van der Waals surface area (Å²) in [7, 11) is 0. The predicted molar refractivity (Wildman–Crippen MR) is 127 cm³/mol. The molecule has 0 rings (SSSR count). The topological polar surface area (TPSA) is 163 Å². The Morgan fingerprint density at radius 2 is 1.38 bits per heavy atom. The molecule has 0 aliphatic heterocycles. The molecule has 0 aliphatic carbocycles. The smallest absolute Gasteiger partial charge is 0.323 e. The highest BCUT2D eigenvalue weighted by Gasteiger charge is 2.17. The fourth-order valence-corrected chi connectivity index (χ4v) is 3.17. The molecule has 32 heavy (non-hydrogen) atoms. The van der Waals surface area contributed by atoms with Crippen molar-refractivity contribution < 1.29 is 24.2 Å². The highest BCUT2D eigenvalue weighted by molar-refractivity contribution is 5.76. The van der Waals surface area contributed by atoms with Crippen molar-refractivity contribution in [2.45, 2.75) is 109 Å². The zero-order valence-electron chi connectivity index (χ0n) is 19.9. The Labute approximate surface area is 193 Å². The second-order valence-electron chi connectivity index (χ2n) is 8.31. The summed E-state index contributed by atoms with van der Waals surface area (Å²) in [5.74, 6) is -0.980. The molecule has 0 bridgehead atoms. The quantitative estimate of drug-likeness (QED) is 0.0882. The number of nitrogens with two attached hydrogens (primary N) is 3. The van der Waals surface area contributed by atoms with Gasteiger partial charge >= 0.3 is 11.9 Å². The number of unbranched alkanes of at least 4 members (excludes halogenated alkanes) is 10. The zero-order valence-corrected chi connectivity index (χ0v) is 19.9. The SMILES string of the molecule is CCCCCCCCCCCCCC(=O)OC[C@H](O)COC(=O)[C@@H](N)CCCN=C(N)N. The van der Waals surface area contributed by atoms with Crippen LogP contribution in [-0.4, -0.2) is 54.9 Å². The van der Waals surface area contributed by atoms with Gasteiger partial charge in [-0.15, -0.1) is 0 Å². The molecule has 0 aromatic rings. The van der Waals surface area contributed by atoms with Crippen molar-refractivity contribution in [2.75, 3.05) is 19.8 Å². The van der Waals surface area contributed by atoms with Gasteiger partial charge in [0.1, 0.15) is 25.4 Å². The van der Waals surface area contributed by atoms with E-state index in [-0.39, 0.29) is 25.1 Å². The molecule has 9 nitrogen and oxygen atoms in total. The van der Waals surface area contributed by atoms with Gasteiger partial charge in [0, 0.05) is 13.0 Å². The Balaban J connectivity index is 3.60. The van der Waals surface area contributed by atoms with E-state index in [1.54, 1.807) is 0 Å². The fourth-order valence-electron chi connectivity index (χ4n) is 3.17. The molecule has 0 amide bonds. The van der Waals surface area contributed by atoms with Crippen molar-refractivity contribution in [3.63, 3.8) is 0 Å². The third-order valence-corrected chi connectivity index (χ3v) is 5.11. The minimum Gasteiger partial charge on any atom is -0.463 e. The van der Waals surface area contributed by atoms with Gasteiger partial charge in [-0.2, -0.15) is 0 Å². The van der Waals surface area contributed by atoms with Crippen LogP contribution in [0.25, 0.3) is 0 Å². The van der Waals surface area contributed by atoms with Gasteiger partial charge in [0.05, 0.1) is 0 Å². The number of carbonyl (C=O) groups excluding carboxylic acids is 2. The van der Waals surface area contributed by atoms with Crippen LogP contribution < -0.4 is 17.2 Å². The second kappa shape index (κ2) is 21.0. The molecular weight excluding hydrogens is 412 g/mol. The van der Waals surface area contributed by atoms with E-state index in [1.807, 2.05) is 0 Å². The number of aliphatic hydroxyl groups excluding tert-OH is 1. The molecule has 2 atom stereocenters. The van der Waals surface area contributed by atoms with Crippen molar-refractivity contribution in [3.05, 3.63) is 0 Å². The number of nitrogens with zero attached hydrogens (tertiary/aromatic N) is 1. The van der Waals surface area contributed by atoms with E-state index >= 15 is 0 Å². The van der Waals surface area contributed by atoms with Crippen LogP contribution in [-0.2, 0) is 19.1 Å². The number of aliphatic hydroxyl groups is 1. The van der Waals surface area contributed by atoms with Crippen LogP contribution in [0.1, 0.15) is 96.8 Å². The molecule has 9 heteroatoms. The molecule has 0 saturated heterocycles. The first-order chi connectivity index (χ1) is 15.4. The molecule has 0 aromatic carbocycles. The molecular formula is C23H46N4O5. The number of ether oxygens (including phenoxy) is 2. The van der Waals surface area contributed by atoms with E-state index < -0.39 is 18.1 Å². The number of hydrogen-bond donors (Lipinski definition) is 4. The standard InChI is InChI=1S/C23H46N4O5/c1-2-3-4-5-6-7-8-9-10-11-12-15-21(29)31-17-19(28)18-32-22(30)20(24)14-13-16-27-23(25)26/h19-20,28H,2-18,24H2,1H3,(H4,25,26,27)/t19-,20-/m0/s1. The third-order valence-electron chi connectivity index (χ3n) is 5.11. The maximum atomic E-state index is 11.8. The highest BCUT2D eigenvalue weighted by atomic mass is 16.6. The van der Waals surface area contributed by atoms with Gasteiger partial charge in [0.2, 0.25) is 0 Å². The Kier molecular flexibility index (Phi) is 19.8. The van der Waals surface area contributed by atoms with Crippen molar-refractivity contribution in [1.29, 1.82) is 0 Å². The number of carbonyl (C=O) groups is 2. The third kappa shape index (κ3) is 20.1. The molecule has 0 fully saturated rings. The minimum absolute atomic E-state index is 0.0117. The summed E-state index contributed by atoms with van der Waals surface area (Å²) in [5, 5.41) is 9.82. The van der Waals surface area contributed by atoms with Gasteiger partial charge < -0.3 is 31.8 Å². The number of rotatable bonds is 21. The van der Waals surface area contributed by atoms with Gasteiger partial charge in [-0.25, -0.2) is 0 Å². The number of hydrogen-bond acceptors (Lipinski definition) is 7. The van der Waals surface area contributed by atoms with Crippen LogP contribution in [0.4, 0.5) is 0 Å². The second-order valence-corrected chi connectivity index (χ2v) is 8.31. The Bertz CT molecular complexity index is 513. The molecule has 0 aromatic heterocycles. The molecule has 7 N–H and O–H groups in total. The lowest BCUT2D eigenvalue weighted by Crippen LogP contribution is -2.35. The van der Waals surface area contributed by atoms with Crippen LogP contribution in [0.5, 0.6) is 0 Å². The molecule has 188 valence electrons. The summed E-state index contributed by atoms with van der Waals surface area (Å²) in [4.78, 5) is 27.4. The predicted octanol–water partition coefficient (Wildman–Crippen LogP) is 2.52. The largest absolute Gasteiger partial charge is 0.463 e. The van der Waals surface area contributed by atoms with Gasteiger partial charge in [-0.05, 0) is 19.3 Å². The Hall–Kier alpha value is -1.87. The lowest BCUT2D eigenvalue weighted by molar-refractivity contribution is -0.153. The van der Waals surface area contributed by atoms with Crippen LogP contribution in [0.2, 0.25) is 0 Å². The van der Waals surface area contributed by atoms with E-state index in [9.17, 15) is 14.7 Å². The first-order valence-corrected chi connectivity index (χ1v) is 12.2. The van der Waals surface area contributed by atoms with Crippen molar-refractivity contribution in [3.8, 4) is 0 Å². The summed E-state index contributed by atoms with van der Waals surface area (Å²) in [6, 6.07) is -0.819. The monoisotopic (exact) mass is 458 g/mol. The maximum absolute atomic E-state index is 11.8. The zero-order chi connectivity index (χ0) is 24.0. The summed E-state index contributed by atoms with van der Waals surface area (Å²) in [6.07, 6.45) is 13.5. The van der Waals surface area contributed by atoms with Gasteiger partial charge in [0.25, 0.3) is 0 Å². The summed E-state index contributed by atoms with van der Waals surface area (Å²) in [6.45, 7) is 2.13. The molecule has 0 saturated carbocycles. The van der Waals surface area contributed by atoms with Crippen LogP contribution in [0, 0.1) is 0 Å². The van der Waals surface area contributed by atoms with Crippen LogP contribution in [0.3, 0.4) is 0 Å². The van der Waals surface area contributed by atoms with Crippen LogP contribution >= 0.6 is 0 Å². The van der Waals surface area contributed by atoms with Gasteiger partial charge in [-0.1, -0.05) is 71.1 Å². The van der Waals surface area contributed by atoms with E-state index in [0.717, 1.165) is 19.3 Å². The van der Waals surface area contributed by atoms with Crippen LogP contribution in [0.15, 0.2) is 4.99 Å². The van der Waals surface area contributed by atoms with Gasteiger partial charge in [0.15, 0.2) is 5.96 Å². The van der Waals surface area contributed by atoms with E-state index in [2.05, 4.69) is 11.9 Å². The van der Waals surface area contributed by atoms with Crippen molar-refractivity contribution in [1.82, 2.24) is 0 Å². The summed E-state index contributed by atoms with van der Waals surface area (Å²) >= 11 is 0. The lowest BCUT2D eigenvalue weighted by Gasteiger charge is -2.14. The molecule has 0 unspecified atom stereocenters. The number of aliphatic imine (C=N–C) groups is 1. The van der Waals surface area contributed by atoms with E-state index in [4.69, 9.17) is 26.7 Å².